The number of piperazine rings is 1. The Kier molecular flexibility index (Phi) is 3.98. The minimum atomic E-state index is 0.434. The normalized spacial score (nSPS) is 15.5. The van der Waals surface area contributed by atoms with E-state index in [4.69, 9.17) is 11.6 Å². The summed E-state index contributed by atoms with van der Waals surface area (Å²) in [6.45, 7) is 3.37. The summed E-state index contributed by atoms with van der Waals surface area (Å²) in [4.78, 5) is 21.1. The SMILES string of the molecule is Clc1ncnc(N2CCN(c3ncccn3)CC2)c1Br. The van der Waals surface area contributed by atoms with E-state index in [1.807, 2.05) is 6.07 Å². The van der Waals surface area contributed by atoms with Crippen LogP contribution in [0.2, 0.25) is 5.15 Å². The molecule has 0 unspecified atom stereocenters. The Morgan fingerprint density at radius 2 is 1.60 bits per heavy atom. The first-order valence-corrected chi connectivity index (χ1v) is 7.35. The third kappa shape index (κ3) is 2.69. The van der Waals surface area contributed by atoms with Gasteiger partial charge in [-0.1, -0.05) is 11.6 Å². The van der Waals surface area contributed by atoms with Crippen LogP contribution in [0, 0.1) is 0 Å². The van der Waals surface area contributed by atoms with Crippen molar-refractivity contribution in [2.75, 3.05) is 36.0 Å². The van der Waals surface area contributed by atoms with Crippen molar-refractivity contribution in [3.05, 3.63) is 34.4 Å². The van der Waals surface area contributed by atoms with Gasteiger partial charge in [-0.25, -0.2) is 19.9 Å². The van der Waals surface area contributed by atoms with E-state index in [0.29, 0.717) is 5.15 Å². The molecule has 2 aromatic rings. The monoisotopic (exact) mass is 354 g/mol. The van der Waals surface area contributed by atoms with Crippen molar-refractivity contribution >= 4 is 39.3 Å². The van der Waals surface area contributed by atoms with Crippen LogP contribution in [0.15, 0.2) is 29.3 Å². The molecule has 3 heterocycles. The second kappa shape index (κ2) is 5.88. The highest BCUT2D eigenvalue weighted by Crippen LogP contribution is 2.29. The Morgan fingerprint density at radius 3 is 2.30 bits per heavy atom. The van der Waals surface area contributed by atoms with Gasteiger partial charge in [0.2, 0.25) is 5.95 Å². The molecule has 0 saturated carbocycles. The smallest absolute Gasteiger partial charge is 0.225 e. The van der Waals surface area contributed by atoms with Gasteiger partial charge in [0.15, 0.2) is 0 Å². The Bertz CT molecular complexity index is 588. The number of hydrogen-bond acceptors (Lipinski definition) is 6. The summed E-state index contributed by atoms with van der Waals surface area (Å²) in [6.07, 6.45) is 5.00. The van der Waals surface area contributed by atoms with E-state index in [1.54, 1.807) is 12.4 Å². The fourth-order valence-electron chi connectivity index (χ4n) is 2.13. The van der Waals surface area contributed by atoms with Crippen LogP contribution in [0.1, 0.15) is 0 Å². The number of aromatic nitrogens is 4. The minimum absolute atomic E-state index is 0.434. The summed E-state index contributed by atoms with van der Waals surface area (Å²) in [5, 5.41) is 0.434. The van der Waals surface area contributed by atoms with Crippen molar-refractivity contribution in [2.45, 2.75) is 0 Å². The summed E-state index contributed by atoms with van der Waals surface area (Å²) >= 11 is 9.44. The second-order valence-electron chi connectivity index (χ2n) is 4.32. The molecule has 20 heavy (non-hydrogen) atoms. The molecular weight excluding hydrogens is 344 g/mol. The molecule has 1 saturated heterocycles. The number of nitrogens with zero attached hydrogens (tertiary/aromatic N) is 6. The molecule has 0 bridgehead atoms. The zero-order valence-electron chi connectivity index (χ0n) is 10.6. The zero-order valence-corrected chi connectivity index (χ0v) is 12.9. The molecule has 1 fully saturated rings. The standard InChI is InChI=1S/C12H12BrClN6/c13-9-10(14)17-8-18-11(9)19-4-6-20(7-5-19)12-15-2-1-3-16-12/h1-3,8H,4-7H2. The van der Waals surface area contributed by atoms with E-state index >= 15 is 0 Å². The van der Waals surface area contributed by atoms with E-state index in [1.165, 1.54) is 6.33 Å². The van der Waals surface area contributed by atoms with Crippen LogP contribution < -0.4 is 9.80 Å². The largest absolute Gasteiger partial charge is 0.352 e. The summed E-state index contributed by atoms with van der Waals surface area (Å²) < 4.78 is 0.742. The van der Waals surface area contributed by atoms with E-state index < -0.39 is 0 Å². The minimum Gasteiger partial charge on any atom is -0.352 e. The molecule has 8 heteroatoms. The van der Waals surface area contributed by atoms with Gasteiger partial charge >= 0.3 is 0 Å². The number of halogens is 2. The predicted molar refractivity (Wildman–Crippen MR) is 81.2 cm³/mol. The predicted octanol–water partition coefficient (Wildman–Crippen LogP) is 2.01. The Hall–Kier alpha value is -1.47. The highest BCUT2D eigenvalue weighted by atomic mass is 79.9. The van der Waals surface area contributed by atoms with E-state index in [-0.39, 0.29) is 0 Å². The Morgan fingerprint density at radius 1 is 0.950 bits per heavy atom. The van der Waals surface area contributed by atoms with Gasteiger partial charge in [-0.15, -0.1) is 0 Å². The fraction of sp³-hybridized carbons (Fsp3) is 0.333. The van der Waals surface area contributed by atoms with Gasteiger partial charge in [-0.3, -0.25) is 0 Å². The molecule has 2 aromatic heterocycles. The van der Waals surface area contributed by atoms with Gasteiger partial charge in [-0.2, -0.15) is 0 Å². The molecule has 0 aliphatic carbocycles. The van der Waals surface area contributed by atoms with Crippen molar-refractivity contribution in [1.29, 1.82) is 0 Å². The van der Waals surface area contributed by atoms with Crippen LogP contribution in [-0.2, 0) is 0 Å². The fourth-order valence-corrected chi connectivity index (χ4v) is 2.72. The molecule has 0 spiro atoms. The molecule has 0 radical (unpaired) electrons. The van der Waals surface area contributed by atoms with Crippen LogP contribution in [0.3, 0.4) is 0 Å². The Balaban J connectivity index is 1.71. The lowest BCUT2D eigenvalue weighted by atomic mass is 10.3. The van der Waals surface area contributed by atoms with E-state index in [2.05, 4.69) is 45.7 Å². The maximum atomic E-state index is 6.00. The van der Waals surface area contributed by atoms with Crippen LogP contribution in [0.4, 0.5) is 11.8 Å². The number of hydrogen-bond donors (Lipinski definition) is 0. The van der Waals surface area contributed by atoms with Crippen molar-refractivity contribution < 1.29 is 0 Å². The van der Waals surface area contributed by atoms with Gasteiger partial charge < -0.3 is 9.80 Å². The first-order chi connectivity index (χ1) is 9.75. The summed E-state index contributed by atoms with van der Waals surface area (Å²) in [5.74, 6) is 1.60. The molecule has 3 rings (SSSR count). The lowest BCUT2D eigenvalue weighted by molar-refractivity contribution is 0.633. The molecule has 1 aliphatic heterocycles. The molecule has 0 N–H and O–H groups in total. The average molecular weight is 356 g/mol. The van der Waals surface area contributed by atoms with Crippen molar-refractivity contribution in [3.8, 4) is 0 Å². The van der Waals surface area contributed by atoms with Gasteiger partial charge in [0.05, 0.1) is 4.47 Å². The van der Waals surface area contributed by atoms with Gasteiger partial charge in [0.25, 0.3) is 0 Å². The third-order valence-corrected chi connectivity index (χ3v) is 4.39. The van der Waals surface area contributed by atoms with Crippen molar-refractivity contribution in [2.24, 2.45) is 0 Å². The maximum absolute atomic E-state index is 6.00. The van der Waals surface area contributed by atoms with Crippen LogP contribution >= 0.6 is 27.5 Å². The molecule has 0 amide bonds. The number of rotatable bonds is 2. The van der Waals surface area contributed by atoms with Gasteiger partial charge in [0.1, 0.15) is 17.3 Å². The summed E-state index contributed by atoms with van der Waals surface area (Å²) in [7, 11) is 0. The highest BCUT2D eigenvalue weighted by Gasteiger charge is 2.22. The van der Waals surface area contributed by atoms with E-state index in [9.17, 15) is 0 Å². The maximum Gasteiger partial charge on any atom is 0.225 e. The summed E-state index contributed by atoms with van der Waals surface area (Å²) in [6, 6.07) is 1.82. The van der Waals surface area contributed by atoms with Crippen LogP contribution in [-0.4, -0.2) is 46.1 Å². The van der Waals surface area contributed by atoms with E-state index in [0.717, 1.165) is 42.4 Å². The molecule has 1 aliphatic rings. The number of anilines is 2. The zero-order chi connectivity index (χ0) is 13.9. The van der Waals surface area contributed by atoms with Gasteiger partial charge in [0, 0.05) is 38.6 Å². The lowest BCUT2D eigenvalue weighted by Gasteiger charge is -2.35. The highest BCUT2D eigenvalue weighted by molar-refractivity contribution is 9.10. The first kappa shape index (κ1) is 13.5. The topological polar surface area (TPSA) is 58.0 Å². The van der Waals surface area contributed by atoms with Crippen molar-refractivity contribution in [1.82, 2.24) is 19.9 Å². The molecular formula is C12H12BrClN6. The van der Waals surface area contributed by atoms with Crippen LogP contribution in [0.25, 0.3) is 0 Å². The molecule has 104 valence electrons. The summed E-state index contributed by atoms with van der Waals surface area (Å²) in [5.41, 5.74) is 0. The molecule has 0 atom stereocenters. The van der Waals surface area contributed by atoms with Gasteiger partial charge in [-0.05, 0) is 22.0 Å². The third-order valence-electron chi connectivity index (χ3n) is 3.14. The molecule has 0 aromatic carbocycles. The first-order valence-electron chi connectivity index (χ1n) is 6.18. The van der Waals surface area contributed by atoms with Crippen LogP contribution in [0.5, 0.6) is 0 Å². The quantitative estimate of drug-likeness (QED) is 0.768. The Labute approximate surface area is 130 Å². The lowest BCUT2D eigenvalue weighted by Crippen LogP contribution is -2.47. The average Bonchev–Trinajstić information content (AvgIpc) is 2.51. The van der Waals surface area contributed by atoms with Crippen molar-refractivity contribution in [3.63, 3.8) is 0 Å². The second-order valence-corrected chi connectivity index (χ2v) is 5.48. The molecule has 6 nitrogen and oxygen atoms in total.